The largest absolute Gasteiger partial charge is 0.423 e. The molecule has 4 N–H and O–H groups in total. The van der Waals surface area contributed by atoms with Gasteiger partial charge in [-0.25, -0.2) is 0 Å². The molecule has 0 unspecified atom stereocenters. The van der Waals surface area contributed by atoms with E-state index in [0.717, 1.165) is 54.9 Å². The standard InChI is InChI=1S/C14H23N5O/c15-12-11(10-6-2-3-7-10)13(17-14(16)19(12)20)18-8-4-1-5-9-18/h10,16,20H,1-9,15H2. The first-order valence-electron chi connectivity index (χ1n) is 7.59. The summed E-state index contributed by atoms with van der Waals surface area (Å²) in [7, 11) is 0. The van der Waals surface area contributed by atoms with Gasteiger partial charge in [-0.2, -0.15) is 4.98 Å². The van der Waals surface area contributed by atoms with E-state index in [9.17, 15) is 5.21 Å². The minimum atomic E-state index is -0.176. The molecule has 1 aromatic heterocycles. The van der Waals surface area contributed by atoms with Crippen LogP contribution in [0.3, 0.4) is 0 Å². The monoisotopic (exact) mass is 277 g/mol. The Kier molecular flexibility index (Phi) is 3.54. The van der Waals surface area contributed by atoms with Crippen LogP contribution in [0.25, 0.3) is 0 Å². The summed E-state index contributed by atoms with van der Waals surface area (Å²) in [6, 6.07) is 0. The van der Waals surface area contributed by atoms with Gasteiger partial charge in [0.15, 0.2) is 5.82 Å². The summed E-state index contributed by atoms with van der Waals surface area (Å²) in [5.41, 5.74) is 6.88. The predicted molar refractivity (Wildman–Crippen MR) is 77.0 cm³/mol. The van der Waals surface area contributed by atoms with Gasteiger partial charge in [0.25, 0.3) is 5.62 Å². The van der Waals surface area contributed by atoms with E-state index in [1.807, 2.05) is 0 Å². The average molecular weight is 277 g/mol. The number of anilines is 2. The number of piperidine rings is 1. The van der Waals surface area contributed by atoms with Crippen LogP contribution >= 0.6 is 0 Å². The third kappa shape index (κ3) is 2.23. The van der Waals surface area contributed by atoms with Crippen LogP contribution in [0.5, 0.6) is 0 Å². The lowest BCUT2D eigenvalue weighted by molar-refractivity contribution is 0.170. The molecule has 0 aromatic carbocycles. The fourth-order valence-corrected chi connectivity index (χ4v) is 3.50. The first-order valence-corrected chi connectivity index (χ1v) is 7.59. The van der Waals surface area contributed by atoms with Crippen molar-refractivity contribution in [3.63, 3.8) is 0 Å². The molecule has 0 bridgehead atoms. The van der Waals surface area contributed by atoms with Gasteiger partial charge in [0, 0.05) is 18.7 Å². The van der Waals surface area contributed by atoms with E-state index < -0.39 is 0 Å². The molecule has 1 saturated carbocycles. The van der Waals surface area contributed by atoms with Gasteiger partial charge in [-0.3, -0.25) is 5.41 Å². The molecule has 0 spiro atoms. The Morgan fingerprint density at radius 2 is 1.75 bits per heavy atom. The van der Waals surface area contributed by atoms with Gasteiger partial charge >= 0.3 is 0 Å². The molecule has 1 aliphatic heterocycles. The molecule has 6 heteroatoms. The van der Waals surface area contributed by atoms with Crippen molar-refractivity contribution < 1.29 is 5.21 Å². The summed E-state index contributed by atoms with van der Waals surface area (Å²) in [6.45, 7) is 1.95. The Morgan fingerprint density at radius 3 is 2.40 bits per heavy atom. The van der Waals surface area contributed by atoms with Crippen molar-refractivity contribution in [3.05, 3.63) is 11.2 Å². The number of hydrogen-bond acceptors (Lipinski definition) is 5. The van der Waals surface area contributed by atoms with E-state index in [1.165, 1.54) is 19.3 Å². The van der Waals surface area contributed by atoms with Crippen LogP contribution in [-0.4, -0.2) is 28.0 Å². The molecule has 2 heterocycles. The maximum Gasteiger partial charge on any atom is 0.259 e. The molecule has 6 nitrogen and oxygen atoms in total. The maximum atomic E-state index is 9.89. The third-order valence-electron chi connectivity index (χ3n) is 4.58. The molecular weight excluding hydrogens is 254 g/mol. The highest BCUT2D eigenvalue weighted by Gasteiger charge is 2.28. The number of nitrogens with one attached hydrogen (secondary N) is 1. The molecule has 2 fully saturated rings. The van der Waals surface area contributed by atoms with Gasteiger partial charge in [0.05, 0.1) is 0 Å². The van der Waals surface area contributed by atoms with E-state index in [4.69, 9.17) is 11.1 Å². The van der Waals surface area contributed by atoms with Crippen molar-refractivity contribution in [2.45, 2.75) is 50.9 Å². The second-order valence-electron chi connectivity index (χ2n) is 5.90. The van der Waals surface area contributed by atoms with Crippen LogP contribution in [-0.2, 0) is 0 Å². The van der Waals surface area contributed by atoms with Crippen molar-refractivity contribution in [2.24, 2.45) is 0 Å². The van der Waals surface area contributed by atoms with Gasteiger partial charge in [0.1, 0.15) is 5.82 Å². The molecule has 1 aliphatic carbocycles. The minimum absolute atomic E-state index is 0.176. The lowest BCUT2D eigenvalue weighted by atomic mass is 9.97. The highest BCUT2D eigenvalue weighted by molar-refractivity contribution is 5.59. The fourth-order valence-electron chi connectivity index (χ4n) is 3.50. The van der Waals surface area contributed by atoms with E-state index >= 15 is 0 Å². The first-order chi connectivity index (χ1) is 9.68. The van der Waals surface area contributed by atoms with Gasteiger partial charge in [-0.15, -0.1) is 4.73 Å². The Morgan fingerprint density at radius 1 is 1.10 bits per heavy atom. The molecule has 20 heavy (non-hydrogen) atoms. The lowest BCUT2D eigenvalue weighted by Crippen LogP contribution is -2.36. The van der Waals surface area contributed by atoms with Crippen molar-refractivity contribution in [1.82, 2.24) is 9.71 Å². The quantitative estimate of drug-likeness (QED) is 0.719. The molecule has 0 amide bonds. The summed E-state index contributed by atoms with van der Waals surface area (Å²) < 4.78 is 0.723. The van der Waals surface area contributed by atoms with E-state index in [1.54, 1.807) is 0 Å². The first kappa shape index (κ1) is 13.3. The second-order valence-corrected chi connectivity index (χ2v) is 5.90. The molecule has 1 saturated heterocycles. The van der Waals surface area contributed by atoms with Crippen LogP contribution in [0.4, 0.5) is 11.6 Å². The van der Waals surface area contributed by atoms with Crippen molar-refractivity contribution in [3.8, 4) is 0 Å². The van der Waals surface area contributed by atoms with E-state index in [-0.39, 0.29) is 5.62 Å². The summed E-state index contributed by atoms with van der Waals surface area (Å²) in [4.78, 5) is 6.57. The van der Waals surface area contributed by atoms with Crippen molar-refractivity contribution >= 4 is 11.6 Å². The Bertz CT molecular complexity index is 541. The SMILES string of the molecule is N=c1nc(N2CCCCC2)c(C2CCCC2)c(N)n1O. The zero-order valence-electron chi connectivity index (χ0n) is 11.8. The number of nitrogens with two attached hydrogens (primary N) is 1. The normalized spacial score (nSPS) is 20.5. The lowest BCUT2D eigenvalue weighted by Gasteiger charge is -2.31. The molecule has 1 aromatic rings. The maximum absolute atomic E-state index is 9.89. The summed E-state index contributed by atoms with van der Waals surface area (Å²) >= 11 is 0. The van der Waals surface area contributed by atoms with Crippen LogP contribution in [0, 0.1) is 5.41 Å². The number of hydrogen-bond donors (Lipinski definition) is 3. The van der Waals surface area contributed by atoms with E-state index in [0.29, 0.717) is 11.7 Å². The summed E-state index contributed by atoms with van der Waals surface area (Å²) in [5.74, 6) is 1.51. The Balaban J connectivity index is 2.08. The Labute approximate surface area is 118 Å². The van der Waals surface area contributed by atoms with Crippen LogP contribution in [0.15, 0.2) is 0 Å². The highest BCUT2D eigenvalue weighted by atomic mass is 16.5. The Hall–Kier alpha value is -1.72. The van der Waals surface area contributed by atoms with Crippen LogP contribution in [0.2, 0.25) is 0 Å². The summed E-state index contributed by atoms with van der Waals surface area (Å²) in [6.07, 6.45) is 8.19. The van der Waals surface area contributed by atoms with Gasteiger partial charge in [0.2, 0.25) is 0 Å². The predicted octanol–water partition coefficient (Wildman–Crippen LogP) is 1.83. The molecule has 110 valence electrons. The van der Waals surface area contributed by atoms with Crippen LogP contribution < -0.4 is 16.3 Å². The fraction of sp³-hybridized carbons (Fsp3) is 0.714. The van der Waals surface area contributed by atoms with E-state index in [2.05, 4.69) is 9.88 Å². The summed E-state index contributed by atoms with van der Waals surface area (Å²) in [5, 5.41) is 17.7. The zero-order chi connectivity index (χ0) is 14.1. The molecule has 0 atom stereocenters. The average Bonchev–Trinajstić information content (AvgIpc) is 2.99. The van der Waals surface area contributed by atoms with Gasteiger partial charge in [-0.1, -0.05) is 12.8 Å². The van der Waals surface area contributed by atoms with Crippen LogP contribution in [0.1, 0.15) is 56.4 Å². The number of nitrogens with zero attached hydrogens (tertiary/aromatic N) is 3. The molecule has 3 rings (SSSR count). The van der Waals surface area contributed by atoms with Crippen molar-refractivity contribution in [2.75, 3.05) is 23.7 Å². The van der Waals surface area contributed by atoms with Crippen molar-refractivity contribution in [1.29, 1.82) is 5.41 Å². The molecular formula is C14H23N5O. The molecule has 0 radical (unpaired) electrons. The number of nitrogen functional groups attached to an aromatic ring is 1. The highest BCUT2D eigenvalue weighted by Crippen LogP contribution is 2.40. The number of aromatic nitrogens is 2. The topological polar surface area (TPSA) is 91.2 Å². The second kappa shape index (κ2) is 5.34. The molecule has 2 aliphatic rings. The smallest absolute Gasteiger partial charge is 0.259 e. The minimum Gasteiger partial charge on any atom is -0.423 e. The van der Waals surface area contributed by atoms with Gasteiger partial charge < -0.3 is 15.8 Å². The zero-order valence-corrected chi connectivity index (χ0v) is 11.8. The third-order valence-corrected chi connectivity index (χ3v) is 4.58. The number of rotatable bonds is 2. The van der Waals surface area contributed by atoms with Gasteiger partial charge in [-0.05, 0) is 38.0 Å².